The molecule has 114 valence electrons. The van der Waals surface area contributed by atoms with Gasteiger partial charge in [0.1, 0.15) is 6.04 Å². The van der Waals surface area contributed by atoms with Gasteiger partial charge in [-0.3, -0.25) is 0 Å². The van der Waals surface area contributed by atoms with Gasteiger partial charge < -0.3 is 15.3 Å². The summed E-state index contributed by atoms with van der Waals surface area (Å²) in [5.41, 5.74) is 2.39. The molecule has 0 saturated carbocycles. The Labute approximate surface area is 128 Å². The number of benzene rings is 1. The van der Waals surface area contributed by atoms with Crippen LogP contribution >= 0.6 is 11.8 Å². The summed E-state index contributed by atoms with van der Waals surface area (Å²) < 4.78 is 0. The average molecular weight is 308 g/mol. The van der Waals surface area contributed by atoms with Gasteiger partial charge in [0, 0.05) is 24.6 Å². The van der Waals surface area contributed by atoms with Gasteiger partial charge in [-0.1, -0.05) is 24.3 Å². The van der Waals surface area contributed by atoms with E-state index < -0.39 is 12.0 Å². The number of aryl methyl sites for hydroxylation is 1. The van der Waals surface area contributed by atoms with Crippen LogP contribution in [0.5, 0.6) is 0 Å². The van der Waals surface area contributed by atoms with Crippen LogP contribution in [0.4, 0.5) is 4.79 Å². The third-order valence-corrected chi connectivity index (χ3v) is 4.63. The maximum atomic E-state index is 12.1. The second kappa shape index (κ2) is 7.36. The van der Waals surface area contributed by atoms with Crippen molar-refractivity contribution >= 4 is 23.8 Å². The maximum absolute atomic E-state index is 12.1. The molecular formula is C15H20N2O3S. The summed E-state index contributed by atoms with van der Waals surface area (Å²) in [6.07, 6.45) is 0.749. The molecule has 21 heavy (non-hydrogen) atoms. The van der Waals surface area contributed by atoms with Crippen LogP contribution in [0.25, 0.3) is 0 Å². The monoisotopic (exact) mass is 308 g/mol. The molecule has 0 aliphatic carbocycles. The van der Waals surface area contributed by atoms with Gasteiger partial charge in [-0.25, -0.2) is 9.59 Å². The Kier molecular flexibility index (Phi) is 5.50. The molecule has 1 aliphatic rings. The van der Waals surface area contributed by atoms with Crippen molar-refractivity contribution in [1.29, 1.82) is 0 Å². The number of aliphatic carboxylic acids is 1. The van der Waals surface area contributed by atoms with Crippen molar-refractivity contribution in [2.24, 2.45) is 0 Å². The molecule has 2 amide bonds. The van der Waals surface area contributed by atoms with E-state index in [1.165, 1.54) is 16.0 Å². The Morgan fingerprint density at radius 1 is 1.43 bits per heavy atom. The molecule has 1 unspecified atom stereocenters. The molecule has 1 saturated heterocycles. The van der Waals surface area contributed by atoms with Crippen molar-refractivity contribution in [2.75, 3.05) is 24.6 Å². The summed E-state index contributed by atoms with van der Waals surface area (Å²) in [6, 6.07) is 7.05. The average Bonchev–Trinajstić information content (AvgIpc) is 2.49. The largest absolute Gasteiger partial charge is 0.480 e. The Morgan fingerprint density at radius 3 is 2.90 bits per heavy atom. The van der Waals surface area contributed by atoms with E-state index in [0.717, 1.165) is 12.2 Å². The van der Waals surface area contributed by atoms with Crippen LogP contribution < -0.4 is 5.32 Å². The molecule has 2 N–H and O–H groups in total. The first-order valence-electron chi connectivity index (χ1n) is 6.99. The van der Waals surface area contributed by atoms with Crippen molar-refractivity contribution in [3.8, 4) is 0 Å². The van der Waals surface area contributed by atoms with E-state index in [1.807, 2.05) is 31.2 Å². The molecule has 1 atom stereocenters. The number of nitrogens with one attached hydrogen (secondary N) is 1. The first-order chi connectivity index (χ1) is 10.1. The fourth-order valence-corrected chi connectivity index (χ4v) is 3.39. The Morgan fingerprint density at radius 2 is 2.19 bits per heavy atom. The minimum Gasteiger partial charge on any atom is -0.480 e. The smallest absolute Gasteiger partial charge is 0.327 e. The number of carboxylic acids is 1. The molecule has 0 bridgehead atoms. The molecule has 1 aromatic carbocycles. The molecule has 6 heteroatoms. The van der Waals surface area contributed by atoms with Gasteiger partial charge in [0.15, 0.2) is 0 Å². The summed E-state index contributed by atoms with van der Waals surface area (Å²) in [4.78, 5) is 24.7. The fourth-order valence-electron chi connectivity index (χ4n) is 2.35. The van der Waals surface area contributed by atoms with Crippen molar-refractivity contribution in [2.45, 2.75) is 19.4 Å². The quantitative estimate of drug-likeness (QED) is 0.889. The number of hydrogen-bond donors (Lipinski definition) is 2. The van der Waals surface area contributed by atoms with E-state index in [2.05, 4.69) is 5.32 Å². The maximum Gasteiger partial charge on any atom is 0.327 e. The number of nitrogens with zero attached hydrogens (tertiary/aromatic N) is 1. The zero-order chi connectivity index (χ0) is 15.2. The Bertz CT molecular complexity index is 521. The highest BCUT2D eigenvalue weighted by molar-refractivity contribution is 7.99. The molecule has 5 nitrogen and oxygen atoms in total. The van der Waals surface area contributed by atoms with Crippen molar-refractivity contribution in [3.05, 3.63) is 35.4 Å². The summed E-state index contributed by atoms with van der Waals surface area (Å²) in [5, 5.41) is 12.0. The highest BCUT2D eigenvalue weighted by atomic mass is 32.2. The summed E-state index contributed by atoms with van der Waals surface area (Å²) in [6.45, 7) is 3.04. The van der Waals surface area contributed by atoms with Gasteiger partial charge in [-0.05, 0) is 24.5 Å². The summed E-state index contributed by atoms with van der Waals surface area (Å²) in [7, 11) is 0. The lowest BCUT2D eigenvalue weighted by atomic mass is 10.1. The van der Waals surface area contributed by atoms with Crippen LogP contribution in [-0.4, -0.2) is 52.6 Å². The van der Waals surface area contributed by atoms with Crippen molar-refractivity contribution in [3.63, 3.8) is 0 Å². The second-order valence-electron chi connectivity index (χ2n) is 5.03. The van der Waals surface area contributed by atoms with Crippen molar-refractivity contribution < 1.29 is 14.7 Å². The van der Waals surface area contributed by atoms with Gasteiger partial charge in [0.25, 0.3) is 0 Å². The van der Waals surface area contributed by atoms with Gasteiger partial charge in [-0.2, -0.15) is 11.8 Å². The van der Waals surface area contributed by atoms with Crippen LogP contribution in [0.1, 0.15) is 11.1 Å². The molecular weight excluding hydrogens is 288 g/mol. The van der Waals surface area contributed by atoms with E-state index in [4.69, 9.17) is 5.11 Å². The number of rotatable bonds is 4. The molecule has 0 radical (unpaired) electrons. The lowest BCUT2D eigenvalue weighted by Gasteiger charge is -2.32. The lowest BCUT2D eigenvalue weighted by molar-refractivity contribution is -0.141. The first kappa shape index (κ1) is 15.7. The van der Waals surface area contributed by atoms with E-state index in [-0.39, 0.29) is 6.03 Å². The van der Waals surface area contributed by atoms with Crippen LogP contribution in [-0.2, 0) is 11.2 Å². The number of carbonyl (C=O) groups excluding carboxylic acids is 1. The molecule has 0 spiro atoms. The number of urea groups is 1. The normalized spacial score (nSPS) is 18.3. The zero-order valence-corrected chi connectivity index (χ0v) is 12.9. The molecule has 0 aromatic heterocycles. The van der Waals surface area contributed by atoms with E-state index in [9.17, 15) is 9.59 Å². The highest BCUT2D eigenvalue weighted by Gasteiger charge is 2.32. The number of thioether (sulfide) groups is 1. The van der Waals surface area contributed by atoms with Gasteiger partial charge in [0.2, 0.25) is 0 Å². The molecule has 1 aliphatic heterocycles. The summed E-state index contributed by atoms with van der Waals surface area (Å²) in [5.74, 6) is 0.312. The van der Waals surface area contributed by atoms with Crippen LogP contribution in [0, 0.1) is 6.92 Å². The number of carboxylic acid groups (broad SMARTS) is 1. The summed E-state index contributed by atoms with van der Waals surface area (Å²) >= 11 is 1.57. The topological polar surface area (TPSA) is 69.6 Å². The number of amides is 2. The number of carbonyl (C=O) groups is 2. The van der Waals surface area contributed by atoms with E-state index in [1.54, 1.807) is 11.8 Å². The highest BCUT2D eigenvalue weighted by Crippen LogP contribution is 2.16. The van der Waals surface area contributed by atoms with Crippen LogP contribution in [0.3, 0.4) is 0 Å². The zero-order valence-electron chi connectivity index (χ0n) is 12.0. The molecule has 1 aromatic rings. The lowest BCUT2D eigenvalue weighted by Crippen LogP contribution is -2.54. The molecule has 2 rings (SSSR count). The van der Waals surface area contributed by atoms with Gasteiger partial charge in [0.05, 0.1) is 0 Å². The van der Waals surface area contributed by atoms with Crippen molar-refractivity contribution in [1.82, 2.24) is 10.2 Å². The van der Waals surface area contributed by atoms with E-state index in [0.29, 0.717) is 18.8 Å². The third kappa shape index (κ3) is 4.14. The molecule has 1 fully saturated rings. The van der Waals surface area contributed by atoms with Gasteiger partial charge >= 0.3 is 12.0 Å². The third-order valence-electron chi connectivity index (χ3n) is 3.61. The molecule has 1 heterocycles. The standard InChI is InChI=1S/C15H20N2O3S/c1-11-4-2-3-5-12(11)6-7-16-15(20)17-8-9-21-10-13(17)14(18)19/h2-5,13H,6-10H2,1H3,(H,16,20)(H,18,19). The number of hydrogen-bond acceptors (Lipinski definition) is 3. The predicted octanol–water partition coefficient (Wildman–Crippen LogP) is 1.75. The van der Waals surface area contributed by atoms with Crippen LogP contribution in [0.15, 0.2) is 24.3 Å². The minimum absolute atomic E-state index is 0.281. The first-order valence-corrected chi connectivity index (χ1v) is 8.14. The van der Waals surface area contributed by atoms with Crippen LogP contribution in [0.2, 0.25) is 0 Å². The van der Waals surface area contributed by atoms with E-state index >= 15 is 0 Å². The Balaban J connectivity index is 1.86. The van der Waals surface area contributed by atoms with Gasteiger partial charge in [-0.15, -0.1) is 0 Å². The minimum atomic E-state index is -0.934. The second-order valence-corrected chi connectivity index (χ2v) is 6.18. The predicted molar refractivity (Wildman–Crippen MR) is 83.7 cm³/mol. The Hall–Kier alpha value is -1.69. The SMILES string of the molecule is Cc1ccccc1CCNC(=O)N1CCSCC1C(=O)O. The fraction of sp³-hybridized carbons (Fsp3) is 0.467.